The van der Waals surface area contributed by atoms with E-state index in [4.69, 9.17) is 10.2 Å². The number of carbonyl (C=O) groups excluding carboxylic acids is 1. The molecule has 1 saturated heterocycles. The van der Waals surface area contributed by atoms with Gasteiger partial charge in [0.25, 0.3) is 0 Å². The van der Waals surface area contributed by atoms with Crippen molar-refractivity contribution in [2.75, 3.05) is 6.61 Å². The fourth-order valence-electron chi connectivity index (χ4n) is 0.935. The zero-order valence-corrected chi connectivity index (χ0v) is 8.77. The fourth-order valence-corrected chi connectivity index (χ4v) is 0.935. The quantitative estimate of drug-likeness (QED) is 0.396. The van der Waals surface area contributed by atoms with Crippen molar-refractivity contribution in [1.29, 1.82) is 0 Å². The SMILES string of the molecule is O=C([O-])[C@H]1CC(O)C(O)CO1.[Na+]. The second-order valence-corrected chi connectivity index (χ2v) is 2.51. The van der Waals surface area contributed by atoms with Gasteiger partial charge in [-0.05, 0) is 0 Å². The number of hydrogen-bond donors (Lipinski definition) is 2. The molecule has 0 aliphatic carbocycles. The van der Waals surface area contributed by atoms with Crippen LogP contribution in [0.4, 0.5) is 0 Å². The van der Waals surface area contributed by atoms with Crippen LogP contribution in [0.15, 0.2) is 0 Å². The zero-order chi connectivity index (χ0) is 8.43. The van der Waals surface area contributed by atoms with Crippen molar-refractivity contribution in [3.63, 3.8) is 0 Å². The average Bonchev–Trinajstić information content (AvgIpc) is 1.94. The van der Waals surface area contributed by atoms with Gasteiger partial charge in [-0.1, -0.05) is 0 Å². The van der Waals surface area contributed by atoms with Crippen molar-refractivity contribution >= 4 is 5.97 Å². The molecule has 1 fully saturated rings. The van der Waals surface area contributed by atoms with Crippen molar-refractivity contribution in [2.45, 2.75) is 24.7 Å². The van der Waals surface area contributed by atoms with Crippen LogP contribution in [0.5, 0.6) is 0 Å². The van der Waals surface area contributed by atoms with Gasteiger partial charge in [0, 0.05) is 6.42 Å². The summed E-state index contributed by atoms with van der Waals surface area (Å²) in [4.78, 5) is 10.2. The minimum atomic E-state index is -1.35. The van der Waals surface area contributed by atoms with Gasteiger partial charge in [-0.15, -0.1) is 0 Å². The van der Waals surface area contributed by atoms with Gasteiger partial charge in [-0.2, -0.15) is 0 Å². The molecule has 1 rings (SSSR count). The number of hydrogen-bond acceptors (Lipinski definition) is 5. The van der Waals surface area contributed by atoms with Crippen LogP contribution in [0.25, 0.3) is 0 Å². The van der Waals surface area contributed by atoms with Crippen molar-refractivity contribution in [3.05, 3.63) is 0 Å². The summed E-state index contributed by atoms with van der Waals surface area (Å²) in [5, 5.41) is 28.0. The Kier molecular flexibility index (Phi) is 5.31. The molecule has 2 N–H and O–H groups in total. The Bertz CT molecular complexity index is 162. The number of aliphatic carboxylic acids is 1. The zero-order valence-electron chi connectivity index (χ0n) is 6.77. The van der Waals surface area contributed by atoms with E-state index < -0.39 is 24.3 Å². The molecule has 0 saturated carbocycles. The van der Waals surface area contributed by atoms with Crippen molar-refractivity contribution < 1.29 is 54.4 Å². The maximum Gasteiger partial charge on any atom is 1.00 e. The topological polar surface area (TPSA) is 89.8 Å². The van der Waals surface area contributed by atoms with Gasteiger partial charge in [0.05, 0.1) is 24.8 Å². The first-order valence-electron chi connectivity index (χ1n) is 3.30. The Hall–Kier alpha value is 0.350. The first kappa shape index (κ1) is 12.3. The third kappa shape index (κ3) is 3.01. The molecule has 1 aliphatic heterocycles. The van der Waals surface area contributed by atoms with Crippen LogP contribution in [0.2, 0.25) is 0 Å². The summed E-state index contributed by atoms with van der Waals surface area (Å²) in [5.41, 5.74) is 0. The molecule has 0 amide bonds. The normalized spacial score (nSPS) is 35.3. The number of aliphatic hydroxyl groups is 2. The van der Waals surface area contributed by atoms with Gasteiger partial charge in [0.2, 0.25) is 0 Å². The Labute approximate surface area is 91.6 Å². The second-order valence-electron chi connectivity index (χ2n) is 2.51. The second kappa shape index (κ2) is 5.16. The van der Waals surface area contributed by atoms with E-state index in [0.717, 1.165) is 0 Å². The monoisotopic (exact) mass is 184 g/mol. The van der Waals surface area contributed by atoms with E-state index >= 15 is 0 Å². The van der Waals surface area contributed by atoms with E-state index in [9.17, 15) is 9.90 Å². The molecule has 0 spiro atoms. The molecule has 1 aliphatic rings. The third-order valence-corrected chi connectivity index (χ3v) is 1.63. The molecular weight excluding hydrogens is 175 g/mol. The Morgan fingerprint density at radius 2 is 2.00 bits per heavy atom. The van der Waals surface area contributed by atoms with Crippen LogP contribution in [0.3, 0.4) is 0 Å². The molecule has 1 heterocycles. The fraction of sp³-hybridized carbons (Fsp3) is 0.833. The number of carboxylic acid groups (broad SMARTS) is 1. The molecular formula is C6H9NaO5. The maximum atomic E-state index is 10.2. The number of aliphatic hydroxyl groups excluding tert-OH is 2. The van der Waals surface area contributed by atoms with Crippen molar-refractivity contribution in [2.24, 2.45) is 0 Å². The first-order chi connectivity index (χ1) is 5.11. The number of ether oxygens (including phenoxy) is 1. The molecule has 2 unspecified atom stereocenters. The van der Waals surface area contributed by atoms with Gasteiger partial charge in [0.15, 0.2) is 0 Å². The van der Waals surface area contributed by atoms with Gasteiger partial charge >= 0.3 is 29.6 Å². The predicted octanol–water partition coefficient (Wildman–Crippen LogP) is -5.75. The minimum absolute atomic E-state index is 0. The summed E-state index contributed by atoms with van der Waals surface area (Å²) in [7, 11) is 0. The van der Waals surface area contributed by atoms with E-state index in [2.05, 4.69) is 4.74 Å². The van der Waals surface area contributed by atoms with Crippen LogP contribution >= 0.6 is 0 Å². The molecule has 12 heavy (non-hydrogen) atoms. The third-order valence-electron chi connectivity index (χ3n) is 1.63. The summed E-state index contributed by atoms with van der Waals surface area (Å²) < 4.78 is 4.65. The van der Waals surface area contributed by atoms with Crippen LogP contribution in [-0.2, 0) is 9.53 Å². The summed E-state index contributed by atoms with van der Waals surface area (Å²) in [6.07, 6.45) is -3.20. The van der Waals surface area contributed by atoms with Gasteiger partial charge in [0.1, 0.15) is 6.10 Å². The average molecular weight is 184 g/mol. The summed E-state index contributed by atoms with van der Waals surface area (Å²) in [6, 6.07) is 0. The van der Waals surface area contributed by atoms with E-state index in [1.807, 2.05) is 0 Å². The predicted molar refractivity (Wildman–Crippen MR) is 31.4 cm³/mol. The molecule has 0 aromatic heterocycles. The maximum absolute atomic E-state index is 10.2. The van der Waals surface area contributed by atoms with Crippen LogP contribution in [-0.4, -0.2) is 41.1 Å². The van der Waals surface area contributed by atoms with E-state index in [0.29, 0.717) is 0 Å². The number of carbonyl (C=O) groups is 1. The van der Waals surface area contributed by atoms with Crippen LogP contribution in [0, 0.1) is 0 Å². The Morgan fingerprint density at radius 1 is 1.42 bits per heavy atom. The van der Waals surface area contributed by atoms with Gasteiger partial charge in [-0.25, -0.2) is 0 Å². The van der Waals surface area contributed by atoms with Crippen molar-refractivity contribution in [1.82, 2.24) is 0 Å². The molecule has 0 aromatic rings. The Morgan fingerprint density at radius 3 is 2.42 bits per heavy atom. The molecule has 0 bridgehead atoms. The molecule has 3 atom stereocenters. The summed E-state index contributed by atoms with van der Waals surface area (Å²) in [5.74, 6) is -1.35. The van der Waals surface area contributed by atoms with Crippen LogP contribution in [0.1, 0.15) is 6.42 Å². The number of rotatable bonds is 1. The van der Waals surface area contributed by atoms with E-state index in [1.165, 1.54) is 0 Å². The van der Waals surface area contributed by atoms with Gasteiger partial charge in [-0.3, -0.25) is 0 Å². The largest absolute Gasteiger partial charge is 1.00 e. The Balaban J connectivity index is 0.00000121. The summed E-state index contributed by atoms with van der Waals surface area (Å²) in [6.45, 7) is -0.153. The van der Waals surface area contributed by atoms with Crippen molar-refractivity contribution in [3.8, 4) is 0 Å². The minimum Gasteiger partial charge on any atom is -0.547 e. The summed E-state index contributed by atoms with van der Waals surface area (Å²) >= 11 is 0. The molecule has 5 nitrogen and oxygen atoms in total. The standard InChI is InChI=1S/C6H10O5.Na/c7-3-1-5(6(9)10)11-2-4(3)8;/h3-5,7-8H,1-2H2,(H,9,10);/q;+1/p-1/t3?,4?,5-;/m1./s1. The van der Waals surface area contributed by atoms with E-state index in [-0.39, 0.29) is 42.6 Å². The molecule has 0 aromatic carbocycles. The van der Waals surface area contributed by atoms with E-state index in [1.54, 1.807) is 0 Å². The molecule has 6 heteroatoms. The van der Waals surface area contributed by atoms with Crippen LogP contribution < -0.4 is 34.7 Å². The first-order valence-corrected chi connectivity index (χ1v) is 3.30. The molecule has 0 radical (unpaired) electrons. The molecule has 64 valence electrons. The van der Waals surface area contributed by atoms with Gasteiger partial charge < -0.3 is 24.9 Å². The smallest absolute Gasteiger partial charge is 0.547 e. The number of carboxylic acids is 1.